The van der Waals surface area contributed by atoms with Gasteiger partial charge in [0.25, 0.3) is 0 Å². The summed E-state index contributed by atoms with van der Waals surface area (Å²) >= 11 is 9.06. The number of nitrogens with zero attached hydrogens (tertiary/aromatic N) is 6. The first kappa shape index (κ1) is 33.8. The molecule has 3 N–H and O–H groups in total. The molecule has 0 saturated carbocycles. The van der Waals surface area contributed by atoms with Gasteiger partial charge in [-0.3, -0.25) is 15.0 Å². The average Bonchev–Trinajstić information content (AvgIpc) is 3.43. The highest BCUT2D eigenvalue weighted by atomic mass is 35.5. The maximum absolute atomic E-state index is 12.9. The van der Waals surface area contributed by atoms with Gasteiger partial charge in [0.05, 0.1) is 41.4 Å². The van der Waals surface area contributed by atoms with Gasteiger partial charge >= 0.3 is 0 Å². The predicted molar refractivity (Wildman–Crippen MR) is 182 cm³/mol. The van der Waals surface area contributed by atoms with Crippen molar-refractivity contribution in [2.45, 2.75) is 39.3 Å². The molecule has 0 aliphatic carbocycles. The first-order valence-corrected chi connectivity index (χ1v) is 17.8. The van der Waals surface area contributed by atoms with Crippen molar-refractivity contribution in [2.24, 2.45) is 0 Å². The third-order valence-corrected chi connectivity index (χ3v) is 11.5. The highest BCUT2D eigenvalue weighted by molar-refractivity contribution is 8.01. The normalized spacial score (nSPS) is 13.9. The van der Waals surface area contributed by atoms with Gasteiger partial charge in [-0.25, -0.2) is 13.4 Å². The number of methoxy groups -OCH3 is 1. The van der Waals surface area contributed by atoms with Crippen LogP contribution in [0.15, 0.2) is 62.8 Å². The van der Waals surface area contributed by atoms with Gasteiger partial charge in [-0.2, -0.15) is 4.98 Å². The quantitative estimate of drug-likeness (QED) is 0.160. The van der Waals surface area contributed by atoms with Crippen molar-refractivity contribution in [1.82, 2.24) is 30.0 Å². The molecule has 0 radical (unpaired) electrons. The van der Waals surface area contributed by atoms with Crippen LogP contribution in [0.25, 0.3) is 0 Å². The van der Waals surface area contributed by atoms with Gasteiger partial charge in [0.15, 0.2) is 20.0 Å². The fourth-order valence-electron chi connectivity index (χ4n) is 4.44. The number of hydrogen-bond donors (Lipinski definition) is 3. The smallest absolute Gasteiger partial charge is 0.240 e. The predicted octanol–water partition coefficient (Wildman–Crippen LogP) is 4.99. The minimum Gasteiger partial charge on any atom is -0.495 e. The Hall–Kier alpha value is -3.54. The van der Waals surface area contributed by atoms with E-state index in [2.05, 4.69) is 45.9 Å². The second-order valence-electron chi connectivity index (χ2n) is 10.9. The average molecular weight is 704 g/mol. The molecule has 13 nitrogen and oxygen atoms in total. The number of aromatic nitrogens is 4. The summed E-state index contributed by atoms with van der Waals surface area (Å²) in [4.78, 5) is 26.4. The van der Waals surface area contributed by atoms with Crippen LogP contribution < -0.4 is 20.7 Å². The molecular formula is C29H34ClN9O4S3. The molecular weight excluding hydrogens is 670 g/mol. The van der Waals surface area contributed by atoms with Crippen molar-refractivity contribution in [3.8, 4) is 5.75 Å². The van der Waals surface area contributed by atoms with Crippen LogP contribution in [-0.2, 0) is 14.6 Å². The molecule has 0 bridgehead atoms. The third-order valence-electron chi connectivity index (χ3n) is 7.12. The van der Waals surface area contributed by atoms with Crippen LogP contribution in [0.4, 0.5) is 28.3 Å². The number of sulfone groups is 1. The van der Waals surface area contributed by atoms with Crippen LogP contribution in [-0.4, -0.2) is 96.4 Å². The van der Waals surface area contributed by atoms with Gasteiger partial charge < -0.3 is 20.3 Å². The molecule has 2 aromatic carbocycles. The molecule has 1 amide bonds. The molecule has 1 aliphatic rings. The Kier molecular flexibility index (Phi) is 10.6. The first-order valence-electron chi connectivity index (χ1n) is 14.2. The van der Waals surface area contributed by atoms with E-state index in [0.29, 0.717) is 39.2 Å². The van der Waals surface area contributed by atoms with E-state index in [4.69, 9.17) is 16.3 Å². The highest BCUT2D eigenvalue weighted by Crippen LogP contribution is 2.37. The first-order chi connectivity index (χ1) is 21.9. The standard InChI is InChI=1S/C29H34ClN9O4S3/c1-17(2)46(41,42)24-9-7-6-8-22(24)32-26-20(30)13-31-27(35-26)33-21-11-10-19(12-23(21)43-5)44-29-37-36-28(45-29)34-25(40)16-39-14-18(15-39)38(3)4/h6-13,17-18H,14-16H2,1-5H3,(H,34,36,40)(H2,31,32,33,35). The molecule has 2 aromatic heterocycles. The topological polar surface area (TPSA) is 155 Å². The zero-order chi connectivity index (χ0) is 33.0. The summed E-state index contributed by atoms with van der Waals surface area (Å²) in [6.45, 7) is 5.31. The molecule has 3 heterocycles. The SMILES string of the molecule is COc1cc(Sc2nnc(NC(=O)CN3CC(N(C)C)C3)s2)ccc1Nc1ncc(Cl)c(Nc2ccccc2S(=O)(=O)C(C)C)n1. The number of ether oxygens (including phenoxy) is 1. The van der Waals surface area contributed by atoms with Crippen LogP contribution in [0.1, 0.15) is 13.8 Å². The molecule has 1 aliphatic heterocycles. The fraction of sp³-hybridized carbons (Fsp3) is 0.345. The molecule has 0 unspecified atom stereocenters. The Balaban J connectivity index is 1.23. The van der Waals surface area contributed by atoms with Crippen molar-refractivity contribution in [2.75, 3.05) is 56.8 Å². The van der Waals surface area contributed by atoms with E-state index < -0.39 is 15.1 Å². The summed E-state index contributed by atoms with van der Waals surface area (Å²) in [6.07, 6.45) is 1.42. The molecule has 0 spiro atoms. The lowest BCUT2D eigenvalue weighted by atomic mass is 10.1. The summed E-state index contributed by atoms with van der Waals surface area (Å²) < 4.78 is 32.1. The van der Waals surface area contributed by atoms with E-state index in [-0.39, 0.29) is 27.6 Å². The number of likely N-dealkylation sites (N-methyl/N-ethyl adjacent to an activating group) is 1. The summed E-state index contributed by atoms with van der Waals surface area (Å²) in [6, 6.07) is 12.6. The Morgan fingerprint density at radius 2 is 1.91 bits per heavy atom. The Morgan fingerprint density at radius 1 is 1.15 bits per heavy atom. The summed E-state index contributed by atoms with van der Waals surface area (Å²) in [7, 11) is 2.07. The molecule has 5 rings (SSSR count). The summed E-state index contributed by atoms with van der Waals surface area (Å²) in [5, 5.41) is 17.4. The lowest BCUT2D eigenvalue weighted by Crippen LogP contribution is -2.58. The van der Waals surface area contributed by atoms with Gasteiger partial charge in [-0.15, -0.1) is 10.2 Å². The number of hydrogen-bond acceptors (Lipinski definition) is 14. The van der Waals surface area contributed by atoms with E-state index in [1.54, 1.807) is 45.2 Å². The maximum atomic E-state index is 12.9. The molecule has 46 heavy (non-hydrogen) atoms. The molecule has 1 fully saturated rings. The number of para-hydroxylation sites is 1. The third kappa shape index (κ3) is 8.05. The van der Waals surface area contributed by atoms with Crippen molar-refractivity contribution >= 4 is 78.7 Å². The number of rotatable bonds is 13. The maximum Gasteiger partial charge on any atom is 0.240 e. The zero-order valence-corrected chi connectivity index (χ0v) is 29.0. The molecule has 1 saturated heterocycles. The lowest BCUT2D eigenvalue weighted by molar-refractivity contribution is -0.119. The van der Waals surface area contributed by atoms with E-state index >= 15 is 0 Å². The second-order valence-corrected chi connectivity index (χ2v) is 16.1. The molecule has 17 heteroatoms. The van der Waals surface area contributed by atoms with Gasteiger partial charge in [0.2, 0.25) is 17.0 Å². The van der Waals surface area contributed by atoms with E-state index in [1.807, 2.05) is 32.3 Å². The van der Waals surface area contributed by atoms with Gasteiger partial charge in [0, 0.05) is 24.0 Å². The van der Waals surface area contributed by atoms with Gasteiger partial charge in [-0.1, -0.05) is 46.8 Å². The van der Waals surface area contributed by atoms with Crippen LogP contribution in [0.2, 0.25) is 5.02 Å². The number of nitrogens with one attached hydrogen (secondary N) is 3. The minimum atomic E-state index is -3.56. The van der Waals surface area contributed by atoms with Crippen LogP contribution >= 0.6 is 34.7 Å². The van der Waals surface area contributed by atoms with Crippen molar-refractivity contribution in [1.29, 1.82) is 0 Å². The summed E-state index contributed by atoms with van der Waals surface area (Å²) in [5.74, 6) is 0.859. The lowest BCUT2D eigenvalue weighted by Gasteiger charge is -2.42. The summed E-state index contributed by atoms with van der Waals surface area (Å²) in [5.41, 5.74) is 0.950. The Labute approximate surface area is 281 Å². The number of carbonyl (C=O) groups excluding carboxylic acids is 1. The number of benzene rings is 2. The van der Waals surface area contributed by atoms with E-state index in [0.717, 1.165) is 18.0 Å². The number of amides is 1. The highest BCUT2D eigenvalue weighted by Gasteiger charge is 2.29. The second kappa shape index (κ2) is 14.5. The number of anilines is 5. The number of likely N-dealkylation sites (tertiary alicyclic amines) is 1. The largest absolute Gasteiger partial charge is 0.495 e. The van der Waals surface area contributed by atoms with Crippen LogP contribution in [0.3, 0.4) is 0 Å². The van der Waals surface area contributed by atoms with Crippen molar-refractivity contribution in [3.05, 3.63) is 53.7 Å². The Bertz CT molecular complexity index is 1820. The van der Waals surface area contributed by atoms with Gasteiger partial charge in [-0.05, 0) is 58.3 Å². The molecule has 0 atom stereocenters. The molecule has 244 valence electrons. The van der Waals surface area contributed by atoms with Crippen LogP contribution in [0, 0.1) is 0 Å². The Morgan fingerprint density at radius 3 is 2.63 bits per heavy atom. The van der Waals surface area contributed by atoms with E-state index in [9.17, 15) is 13.2 Å². The van der Waals surface area contributed by atoms with E-state index in [1.165, 1.54) is 29.3 Å². The van der Waals surface area contributed by atoms with Crippen molar-refractivity contribution in [3.63, 3.8) is 0 Å². The zero-order valence-electron chi connectivity index (χ0n) is 25.8. The van der Waals surface area contributed by atoms with Crippen LogP contribution in [0.5, 0.6) is 5.75 Å². The minimum absolute atomic E-state index is 0.116. The van der Waals surface area contributed by atoms with Crippen molar-refractivity contribution < 1.29 is 17.9 Å². The van der Waals surface area contributed by atoms with Gasteiger partial charge in [0.1, 0.15) is 10.8 Å². The number of carbonyl (C=O) groups is 1. The monoisotopic (exact) mass is 703 g/mol. The number of halogens is 1. The molecule has 4 aromatic rings. The fourth-order valence-corrected chi connectivity index (χ4v) is 7.55.